The summed E-state index contributed by atoms with van der Waals surface area (Å²) in [5.41, 5.74) is -0.255. The van der Waals surface area contributed by atoms with Crippen LogP contribution in [0.2, 0.25) is 0 Å². The van der Waals surface area contributed by atoms with Crippen molar-refractivity contribution in [3.63, 3.8) is 0 Å². The summed E-state index contributed by atoms with van der Waals surface area (Å²) in [5, 5.41) is 0. The van der Waals surface area contributed by atoms with Crippen molar-refractivity contribution in [1.29, 1.82) is 0 Å². The topological polar surface area (TPSA) is 18.5 Å². The highest BCUT2D eigenvalue weighted by atomic mass is 35.5. The average Bonchev–Trinajstić information content (AvgIpc) is 2.40. The minimum atomic E-state index is -0.813. The molecule has 1 aliphatic carbocycles. The van der Waals surface area contributed by atoms with E-state index in [1.165, 1.54) is 11.6 Å². The van der Waals surface area contributed by atoms with Gasteiger partial charge in [0.15, 0.2) is 11.2 Å². The summed E-state index contributed by atoms with van der Waals surface area (Å²) in [6, 6.07) is 0. The van der Waals surface area contributed by atoms with Crippen molar-refractivity contribution in [3.8, 4) is 24.2 Å². The molecule has 0 radical (unpaired) electrons. The molecule has 0 bridgehead atoms. The van der Waals surface area contributed by atoms with E-state index < -0.39 is 11.2 Å². The lowest BCUT2D eigenvalue weighted by Crippen LogP contribution is -2.34. The summed E-state index contributed by atoms with van der Waals surface area (Å²) in [6.07, 6.45) is 14.0. The molecule has 1 rings (SSSR count). The molecule has 0 amide bonds. The number of allylic oxidation sites excluding steroid dienone is 1. The van der Waals surface area contributed by atoms with Gasteiger partial charge < -0.3 is 9.47 Å². The SMILES string of the molecule is C#CC1(OC)C=CC(C#C/C=C\Cl)(OC)C=C1. The molecule has 0 saturated heterocycles. The smallest absolute Gasteiger partial charge is 0.166 e. The zero-order valence-electron chi connectivity index (χ0n) is 9.74. The van der Waals surface area contributed by atoms with Gasteiger partial charge in [-0.2, -0.15) is 0 Å². The summed E-state index contributed by atoms with van der Waals surface area (Å²) in [4.78, 5) is 0. The summed E-state index contributed by atoms with van der Waals surface area (Å²) < 4.78 is 10.6. The second kappa shape index (κ2) is 5.75. The van der Waals surface area contributed by atoms with Crippen LogP contribution in [0, 0.1) is 24.2 Å². The van der Waals surface area contributed by atoms with E-state index in [1.807, 2.05) is 0 Å². The van der Waals surface area contributed by atoms with Crippen LogP contribution in [0.1, 0.15) is 0 Å². The molecule has 0 heterocycles. The molecule has 0 N–H and O–H groups in total. The fourth-order valence-corrected chi connectivity index (χ4v) is 1.42. The molecule has 2 nitrogen and oxygen atoms in total. The molecule has 0 aliphatic heterocycles. The van der Waals surface area contributed by atoms with Gasteiger partial charge in [0.2, 0.25) is 0 Å². The molecule has 88 valence electrons. The molecule has 0 saturated carbocycles. The van der Waals surface area contributed by atoms with Crippen LogP contribution in [0.15, 0.2) is 35.9 Å². The van der Waals surface area contributed by atoms with Gasteiger partial charge in [-0.05, 0) is 30.4 Å². The maximum Gasteiger partial charge on any atom is 0.166 e. The van der Waals surface area contributed by atoms with Crippen molar-refractivity contribution in [1.82, 2.24) is 0 Å². The van der Waals surface area contributed by atoms with E-state index in [9.17, 15) is 0 Å². The van der Waals surface area contributed by atoms with Crippen molar-refractivity contribution in [2.24, 2.45) is 0 Å². The molecule has 1 aliphatic rings. The van der Waals surface area contributed by atoms with Crippen molar-refractivity contribution < 1.29 is 9.47 Å². The van der Waals surface area contributed by atoms with Crippen molar-refractivity contribution in [2.45, 2.75) is 11.2 Å². The van der Waals surface area contributed by atoms with Gasteiger partial charge in [0.25, 0.3) is 0 Å². The first kappa shape index (κ1) is 13.6. The van der Waals surface area contributed by atoms with Crippen LogP contribution < -0.4 is 0 Å². The highest BCUT2D eigenvalue weighted by Gasteiger charge is 2.31. The zero-order valence-corrected chi connectivity index (χ0v) is 10.5. The largest absolute Gasteiger partial charge is 0.358 e. The Hall–Kier alpha value is -1.45. The number of hydrogen-bond acceptors (Lipinski definition) is 2. The Bertz CT molecular complexity index is 441. The number of rotatable bonds is 2. The lowest BCUT2D eigenvalue weighted by atomic mass is 9.90. The molecule has 17 heavy (non-hydrogen) atoms. The maximum atomic E-state index is 5.42. The monoisotopic (exact) mass is 248 g/mol. The van der Waals surface area contributed by atoms with Crippen LogP contribution in [0.25, 0.3) is 0 Å². The molecule has 0 atom stereocenters. The summed E-state index contributed by atoms with van der Waals surface area (Å²) in [6.45, 7) is 0. The van der Waals surface area contributed by atoms with Crippen molar-refractivity contribution >= 4 is 11.6 Å². The third kappa shape index (κ3) is 3.02. The van der Waals surface area contributed by atoms with Gasteiger partial charge in [0, 0.05) is 19.8 Å². The predicted octanol–water partition coefficient (Wildman–Crippen LogP) is 2.27. The molecule has 0 fully saturated rings. The van der Waals surface area contributed by atoms with Gasteiger partial charge in [-0.25, -0.2) is 0 Å². The normalized spacial score (nSPS) is 30.9. The third-order valence-electron chi connectivity index (χ3n) is 2.47. The van der Waals surface area contributed by atoms with E-state index in [0.717, 1.165) is 0 Å². The Morgan fingerprint density at radius 3 is 2.06 bits per heavy atom. The van der Waals surface area contributed by atoms with Crippen molar-refractivity contribution in [3.05, 3.63) is 35.9 Å². The fraction of sp³-hybridized carbons (Fsp3) is 0.286. The highest BCUT2D eigenvalue weighted by molar-refractivity contribution is 6.25. The van der Waals surface area contributed by atoms with Crippen LogP contribution in [0.4, 0.5) is 0 Å². The Balaban J connectivity index is 3.02. The first-order valence-electron chi connectivity index (χ1n) is 4.93. The summed E-state index contributed by atoms with van der Waals surface area (Å²) in [5.74, 6) is 8.27. The van der Waals surface area contributed by atoms with E-state index in [4.69, 9.17) is 27.5 Å². The third-order valence-corrected chi connectivity index (χ3v) is 2.60. The van der Waals surface area contributed by atoms with E-state index >= 15 is 0 Å². The van der Waals surface area contributed by atoms with Crippen molar-refractivity contribution in [2.75, 3.05) is 14.2 Å². The summed E-state index contributed by atoms with van der Waals surface area (Å²) in [7, 11) is 3.12. The number of halogens is 1. The minimum absolute atomic E-state index is 0.782. The van der Waals surface area contributed by atoms with Crippen LogP contribution in [-0.4, -0.2) is 25.4 Å². The number of ether oxygens (including phenoxy) is 2. The quantitative estimate of drug-likeness (QED) is 0.551. The molecule has 3 heteroatoms. The van der Waals surface area contributed by atoms with Crippen LogP contribution in [0.5, 0.6) is 0 Å². The van der Waals surface area contributed by atoms with E-state index in [1.54, 1.807) is 38.5 Å². The van der Waals surface area contributed by atoms with Gasteiger partial charge in [0.1, 0.15) is 0 Å². The van der Waals surface area contributed by atoms with E-state index in [0.29, 0.717) is 0 Å². The fourth-order valence-electron chi connectivity index (χ4n) is 1.35. The zero-order chi connectivity index (χ0) is 12.8. The van der Waals surface area contributed by atoms with Gasteiger partial charge in [0.05, 0.1) is 0 Å². The van der Waals surface area contributed by atoms with Gasteiger partial charge in [-0.15, -0.1) is 6.42 Å². The first-order chi connectivity index (χ1) is 8.16. The number of terminal acetylenes is 1. The number of methoxy groups -OCH3 is 2. The molecule has 0 aromatic carbocycles. The first-order valence-corrected chi connectivity index (χ1v) is 5.36. The molecule has 0 spiro atoms. The Morgan fingerprint density at radius 1 is 1.12 bits per heavy atom. The second-order valence-electron chi connectivity index (χ2n) is 3.37. The number of hydrogen-bond donors (Lipinski definition) is 0. The average molecular weight is 249 g/mol. The van der Waals surface area contributed by atoms with Crippen LogP contribution in [-0.2, 0) is 9.47 Å². The summed E-state index contributed by atoms with van der Waals surface area (Å²) >= 11 is 5.39. The molecule has 0 unspecified atom stereocenters. The minimum Gasteiger partial charge on any atom is -0.358 e. The Kier molecular flexibility index (Phi) is 4.61. The van der Waals surface area contributed by atoms with Crippen LogP contribution >= 0.6 is 11.6 Å². The van der Waals surface area contributed by atoms with E-state index in [2.05, 4.69) is 17.8 Å². The molecular weight excluding hydrogens is 236 g/mol. The highest BCUT2D eigenvalue weighted by Crippen LogP contribution is 2.25. The maximum absolute atomic E-state index is 5.42. The lowest BCUT2D eigenvalue weighted by Gasteiger charge is -2.28. The molecule has 0 aromatic heterocycles. The van der Waals surface area contributed by atoms with Crippen LogP contribution in [0.3, 0.4) is 0 Å². The standard InChI is InChI=1S/C14H13ClO2/c1-4-13(16-2)8-10-14(17-3,11-9-13)7-5-6-12-15/h1,6,8-12H,2-3H3/b12-6-. The van der Waals surface area contributed by atoms with Gasteiger partial charge in [-0.3, -0.25) is 0 Å². The lowest BCUT2D eigenvalue weighted by molar-refractivity contribution is 0.0955. The van der Waals surface area contributed by atoms with Gasteiger partial charge in [-0.1, -0.05) is 29.4 Å². The molecule has 0 aromatic rings. The Labute approximate surface area is 107 Å². The predicted molar refractivity (Wildman–Crippen MR) is 69.4 cm³/mol. The van der Waals surface area contributed by atoms with Gasteiger partial charge >= 0.3 is 0 Å². The van der Waals surface area contributed by atoms with E-state index in [-0.39, 0.29) is 0 Å². The second-order valence-corrected chi connectivity index (χ2v) is 3.62. The molecular formula is C14H13ClO2. The Morgan fingerprint density at radius 2 is 1.65 bits per heavy atom.